The Bertz CT molecular complexity index is 747. The van der Waals surface area contributed by atoms with Crippen molar-refractivity contribution in [3.05, 3.63) is 46.8 Å². The van der Waals surface area contributed by atoms with Crippen molar-refractivity contribution < 1.29 is 14.1 Å². The normalized spacial score (nSPS) is 14.2. The maximum atomic E-state index is 12.2. The van der Waals surface area contributed by atoms with Crippen molar-refractivity contribution in [2.45, 2.75) is 39.7 Å². The fraction of sp³-hybridized carbons (Fsp3) is 0.389. The molecule has 1 aliphatic rings. The Balaban J connectivity index is 1.63. The van der Waals surface area contributed by atoms with Gasteiger partial charge >= 0.3 is 0 Å². The molecule has 1 aromatic heterocycles. The molecule has 126 valence electrons. The number of amides is 2. The highest BCUT2D eigenvalue weighted by atomic mass is 16.5. The van der Waals surface area contributed by atoms with Crippen LogP contribution in [0.2, 0.25) is 0 Å². The number of nitrogens with zero attached hydrogens (tertiary/aromatic N) is 2. The number of hydrogen-bond donors (Lipinski definition) is 1. The number of carbonyl (C=O) groups excluding carboxylic acids is 2. The summed E-state index contributed by atoms with van der Waals surface area (Å²) in [7, 11) is 0. The molecule has 0 saturated carbocycles. The van der Waals surface area contributed by atoms with Crippen molar-refractivity contribution >= 4 is 17.5 Å². The van der Waals surface area contributed by atoms with E-state index >= 15 is 0 Å². The van der Waals surface area contributed by atoms with Gasteiger partial charge in [0, 0.05) is 30.8 Å². The quantitative estimate of drug-likeness (QED) is 0.916. The number of likely N-dealkylation sites (tertiary alicyclic amines) is 1. The predicted octanol–water partition coefficient (Wildman–Crippen LogP) is 2.60. The molecule has 0 bridgehead atoms. The van der Waals surface area contributed by atoms with Gasteiger partial charge in [-0.25, -0.2) is 0 Å². The van der Waals surface area contributed by atoms with Crippen molar-refractivity contribution in [3.63, 3.8) is 0 Å². The number of benzene rings is 1. The summed E-state index contributed by atoms with van der Waals surface area (Å²) in [6, 6.07) is 7.62. The molecule has 24 heavy (non-hydrogen) atoms. The molecule has 1 aliphatic heterocycles. The van der Waals surface area contributed by atoms with Crippen LogP contribution in [0, 0.1) is 13.8 Å². The van der Waals surface area contributed by atoms with Crippen LogP contribution in [-0.2, 0) is 22.6 Å². The fourth-order valence-electron chi connectivity index (χ4n) is 2.96. The maximum absolute atomic E-state index is 12.2. The van der Waals surface area contributed by atoms with Gasteiger partial charge in [0.05, 0.1) is 12.1 Å². The van der Waals surface area contributed by atoms with Crippen molar-refractivity contribution in [1.29, 1.82) is 0 Å². The Morgan fingerprint density at radius 2 is 2.21 bits per heavy atom. The summed E-state index contributed by atoms with van der Waals surface area (Å²) >= 11 is 0. The minimum Gasteiger partial charge on any atom is -0.361 e. The minimum absolute atomic E-state index is 0.112. The molecule has 2 amide bonds. The van der Waals surface area contributed by atoms with Crippen LogP contribution in [0.5, 0.6) is 0 Å². The number of nitrogens with one attached hydrogen (secondary N) is 1. The Hall–Kier alpha value is -2.63. The summed E-state index contributed by atoms with van der Waals surface area (Å²) in [5.41, 5.74) is 3.31. The maximum Gasteiger partial charge on any atom is 0.228 e. The summed E-state index contributed by atoms with van der Waals surface area (Å²) in [4.78, 5) is 25.8. The average molecular weight is 327 g/mol. The van der Waals surface area contributed by atoms with E-state index in [4.69, 9.17) is 4.52 Å². The zero-order chi connectivity index (χ0) is 17.1. The smallest absolute Gasteiger partial charge is 0.228 e. The van der Waals surface area contributed by atoms with Gasteiger partial charge < -0.3 is 14.7 Å². The summed E-state index contributed by atoms with van der Waals surface area (Å²) in [6.07, 6.45) is 1.79. The Labute approximate surface area is 140 Å². The highest BCUT2D eigenvalue weighted by Crippen LogP contribution is 2.18. The van der Waals surface area contributed by atoms with Gasteiger partial charge in [-0.1, -0.05) is 17.3 Å². The van der Waals surface area contributed by atoms with Crippen LogP contribution in [0.4, 0.5) is 5.69 Å². The number of aromatic nitrogens is 1. The average Bonchev–Trinajstić information content (AvgIpc) is 3.08. The van der Waals surface area contributed by atoms with Crippen LogP contribution >= 0.6 is 0 Å². The molecular weight excluding hydrogens is 306 g/mol. The molecule has 0 atom stereocenters. The van der Waals surface area contributed by atoms with E-state index in [9.17, 15) is 9.59 Å². The van der Waals surface area contributed by atoms with Crippen molar-refractivity contribution in [2.75, 3.05) is 11.9 Å². The molecule has 1 saturated heterocycles. The summed E-state index contributed by atoms with van der Waals surface area (Å²) in [5, 5.41) is 6.76. The van der Waals surface area contributed by atoms with Gasteiger partial charge in [0.15, 0.2) is 0 Å². The van der Waals surface area contributed by atoms with Crippen LogP contribution < -0.4 is 5.32 Å². The fourth-order valence-corrected chi connectivity index (χ4v) is 2.96. The largest absolute Gasteiger partial charge is 0.361 e. The molecule has 0 spiro atoms. The molecule has 2 heterocycles. The standard InChI is InChI=1S/C18H21N3O3/c1-12-16(13(2)24-20-12)10-17(22)19-15-6-3-5-14(9-15)11-21-8-4-7-18(21)23/h3,5-6,9H,4,7-8,10-11H2,1-2H3,(H,19,22). The van der Waals surface area contributed by atoms with E-state index in [-0.39, 0.29) is 18.2 Å². The second kappa shape index (κ2) is 6.86. The van der Waals surface area contributed by atoms with E-state index in [0.29, 0.717) is 18.7 Å². The molecule has 3 rings (SSSR count). The second-order valence-corrected chi connectivity index (χ2v) is 6.15. The molecule has 0 aliphatic carbocycles. The van der Waals surface area contributed by atoms with E-state index in [1.165, 1.54) is 0 Å². The zero-order valence-corrected chi connectivity index (χ0v) is 14.0. The van der Waals surface area contributed by atoms with Gasteiger partial charge in [-0.3, -0.25) is 9.59 Å². The lowest BCUT2D eigenvalue weighted by molar-refractivity contribution is -0.128. The number of anilines is 1. The SMILES string of the molecule is Cc1noc(C)c1CC(=O)Nc1cccc(CN2CCCC2=O)c1. The molecule has 0 unspecified atom stereocenters. The molecule has 6 heteroatoms. The third-order valence-corrected chi connectivity index (χ3v) is 4.27. The van der Waals surface area contributed by atoms with E-state index < -0.39 is 0 Å². The monoisotopic (exact) mass is 327 g/mol. The van der Waals surface area contributed by atoms with Gasteiger partial charge in [-0.15, -0.1) is 0 Å². The molecule has 1 aromatic carbocycles. The highest BCUT2D eigenvalue weighted by Gasteiger charge is 2.20. The van der Waals surface area contributed by atoms with Gasteiger partial charge in [-0.2, -0.15) is 0 Å². The van der Waals surface area contributed by atoms with Gasteiger partial charge in [0.2, 0.25) is 11.8 Å². The number of hydrogen-bond acceptors (Lipinski definition) is 4. The molecular formula is C18H21N3O3. The summed E-state index contributed by atoms with van der Waals surface area (Å²) < 4.78 is 5.08. The first-order chi connectivity index (χ1) is 11.5. The van der Waals surface area contributed by atoms with Crippen LogP contribution in [0.3, 0.4) is 0 Å². The first kappa shape index (κ1) is 16.2. The van der Waals surface area contributed by atoms with Gasteiger partial charge in [0.25, 0.3) is 0 Å². The number of rotatable bonds is 5. The van der Waals surface area contributed by atoms with Crippen molar-refractivity contribution in [2.24, 2.45) is 0 Å². The molecule has 1 fully saturated rings. The predicted molar refractivity (Wildman–Crippen MR) is 89.4 cm³/mol. The van der Waals surface area contributed by atoms with Crippen molar-refractivity contribution in [3.8, 4) is 0 Å². The molecule has 0 radical (unpaired) electrons. The lowest BCUT2D eigenvalue weighted by Crippen LogP contribution is -2.24. The Morgan fingerprint density at radius 1 is 1.38 bits per heavy atom. The van der Waals surface area contributed by atoms with Crippen LogP contribution in [0.1, 0.15) is 35.4 Å². The minimum atomic E-state index is -0.112. The van der Waals surface area contributed by atoms with E-state index in [2.05, 4.69) is 10.5 Å². The summed E-state index contributed by atoms with van der Waals surface area (Å²) in [5.74, 6) is 0.755. The van der Waals surface area contributed by atoms with E-state index in [1.54, 1.807) is 6.92 Å². The van der Waals surface area contributed by atoms with Crippen LogP contribution in [-0.4, -0.2) is 28.4 Å². The third kappa shape index (κ3) is 3.64. The second-order valence-electron chi connectivity index (χ2n) is 6.15. The van der Waals surface area contributed by atoms with Crippen LogP contribution in [0.25, 0.3) is 0 Å². The zero-order valence-electron chi connectivity index (χ0n) is 14.0. The topological polar surface area (TPSA) is 75.4 Å². The number of aryl methyl sites for hydroxylation is 2. The van der Waals surface area contributed by atoms with E-state index in [0.717, 1.165) is 35.5 Å². The number of carbonyl (C=O) groups is 2. The van der Waals surface area contributed by atoms with E-state index in [1.807, 2.05) is 36.1 Å². The summed E-state index contributed by atoms with van der Waals surface area (Å²) in [6.45, 7) is 5.02. The van der Waals surface area contributed by atoms with Gasteiger partial charge in [-0.05, 0) is 38.0 Å². The lowest BCUT2D eigenvalue weighted by atomic mass is 10.1. The van der Waals surface area contributed by atoms with Crippen molar-refractivity contribution in [1.82, 2.24) is 10.1 Å². The Kier molecular flexibility index (Phi) is 4.64. The van der Waals surface area contributed by atoms with Gasteiger partial charge in [0.1, 0.15) is 5.76 Å². The lowest BCUT2D eigenvalue weighted by Gasteiger charge is -2.16. The van der Waals surface area contributed by atoms with Crippen LogP contribution in [0.15, 0.2) is 28.8 Å². The molecule has 1 N–H and O–H groups in total. The third-order valence-electron chi connectivity index (χ3n) is 4.27. The highest BCUT2D eigenvalue weighted by molar-refractivity contribution is 5.92. The first-order valence-electron chi connectivity index (χ1n) is 8.11. The molecule has 6 nitrogen and oxygen atoms in total. The Morgan fingerprint density at radius 3 is 2.88 bits per heavy atom. The first-order valence-corrected chi connectivity index (χ1v) is 8.11. The molecule has 2 aromatic rings.